The fraction of sp³-hybridized carbons (Fsp3) is 0.182. The van der Waals surface area contributed by atoms with Gasteiger partial charge in [0.2, 0.25) is 6.41 Å². The minimum Gasteiger partial charge on any atom is -0.508 e. The number of Topliss-reactive ketones (excluding diaryl/α,β-unsaturated/α-hetero) is 1. The van der Waals surface area contributed by atoms with Crippen LogP contribution in [0.4, 0.5) is 5.69 Å². The van der Waals surface area contributed by atoms with Crippen LogP contribution in [-0.4, -0.2) is 34.4 Å². The van der Waals surface area contributed by atoms with Crippen LogP contribution >= 0.6 is 0 Å². The van der Waals surface area contributed by atoms with E-state index in [4.69, 9.17) is 10.8 Å². The van der Waals surface area contributed by atoms with E-state index in [0.717, 1.165) is 6.07 Å². The number of carboxylic acids is 1. The number of carbonyl (C=O) groups is 3. The van der Waals surface area contributed by atoms with Crippen molar-refractivity contribution in [1.82, 2.24) is 0 Å². The number of amides is 1. The highest BCUT2D eigenvalue weighted by molar-refractivity contribution is 6.04. The molecule has 0 aliphatic heterocycles. The second kappa shape index (κ2) is 5.78. The van der Waals surface area contributed by atoms with Gasteiger partial charge in [-0.25, -0.2) is 0 Å². The molecule has 7 heteroatoms. The summed E-state index contributed by atoms with van der Waals surface area (Å²) in [5, 5.41) is 20.2. The number of aromatic hydroxyl groups is 1. The molecule has 0 aromatic heterocycles. The number of aliphatic carboxylic acids is 1. The topological polar surface area (TPSA) is 130 Å². The van der Waals surface area contributed by atoms with Crippen LogP contribution in [0.1, 0.15) is 16.8 Å². The minimum atomic E-state index is -1.33. The zero-order chi connectivity index (χ0) is 13.7. The predicted octanol–water partition coefficient (Wildman–Crippen LogP) is -0.0548. The first-order chi connectivity index (χ1) is 8.45. The van der Waals surface area contributed by atoms with Gasteiger partial charge in [-0.1, -0.05) is 0 Å². The van der Waals surface area contributed by atoms with E-state index < -0.39 is 24.2 Å². The summed E-state index contributed by atoms with van der Waals surface area (Å²) in [6.07, 6.45) is -0.0490. The van der Waals surface area contributed by atoms with Crippen LogP contribution < -0.4 is 11.1 Å². The Kier molecular flexibility index (Phi) is 4.39. The minimum absolute atomic E-state index is 0.0128. The summed E-state index contributed by atoms with van der Waals surface area (Å²) in [6.45, 7) is 0. The molecule has 96 valence electrons. The first kappa shape index (κ1) is 13.7. The van der Waals surface area contributed by atoms with E-state index in [9.17, 15) is 19.5 Å². The number of ketones is 1. The van der Waals surface area contributed by atoms with Crippen LogP contribution in [0.25, 0.3) is 0 Å². The van der Waals surface area contributed by atoms with Gasteiger partial charge >= 0.3 is 5.97 Å². The van der Waals surface area contributed by atoms with Gasteiger partial charge in [-0.3, -0.25) is 14.4 Å². The summed E-state index contributed by atoms with van der Waals surface area (Å²) in [7, 11) is 0. The average molecular weight is 252 g/mol. The molecule has 18 heavy (non-hydrogen) atoms. The van der Waals surface area contributed by atoms with Crippen LogP contribution in [0.2, 0.25) is 0 Å². The highest BCUT2D eigenvalue weighted by Gasteiger charge is 2.20. The maximum Gasteiger partial charge on any atom is 0.320 e. The largest absolute Gasteiger partial charge is 0.508 e. The van der Waals surface area contributed by atoms with E-state index in [2.05, 4.69) is 5.32 Å². The molecule has 0 spiro atoms. The Morgan fingerprint density at radius 3 is 2.67 bits per heavy atom. The van der Waals surface area contributed by atoms with Crippen molar-refractivity contribution in [2.24, 2.45) is 5.73 Å². The molecule has 0 saturated carbocycles. The van der Waals surface area contributed by atoms with Crippen LogP contribution in [0, 0.1) is 0 Å². The monoisotopic (exact) mass is 252 g/mol. The average Bonchev–Trinajstić information content (AvgIpc) is 2.31. The standard InChI is InChI=1S/C11H12N2O5/c12-8(11(17)18)4-10(16)7-3-6(15)1-2-9(7)13-5-14/h1-3,5,8,15H,4,12H2,(H,13,14)(H,17,18)/t8-/m0/s1. The molecule has 0 heterocycles. The molecule has 0 unspecified atom stereocenters. The lowest BCUT2D eigenvalue weighted by Crippen LogP contribution is -2.32. The third kappa shape index (κ3) is 3.29. The Balaban J connectivity index is 2.99. The zero-order valence-electron chi connectivity index (χ0n) is 9.29. The summed E-state index contributed by atoms with van der Waals surface area (Å²) in [5.41, 5.74) is 5.44. The van der Waals surface area contributed by atoms with Crippen molar-refractivity contribution in [3.63, 3.8) is 0 Å². The maximum atomic E-state index is 11.8. The molecular formula is C11H12N2O5. The van der Waals surface area contributed by atoms with E-state index in [-0.39, 0.29) is 17.0 Å². The number of carboxylic acid groups (broad SMARTS) is 1. The number of nitrogens with two attached hydrogens (primary N) is 1. The highest BCUT2D eigenvalue weighted by atomic mass is 16.4. The molecule has 7 nitrogen and oxygen atoms in total. The van der Waals surface area contributed by atoms with Crippen molar-refractivity contribution < 1.29 is 24.6 Å². The Hall–Kier alpha value is -2.41. The van der Waals surface area contributed by atoms with Crippen molar-refractivity contribution in [3.8, 4) is 5.75 Å². The zero-order valence-corrected chi connectivity index (χ0v) is 9.29. The van der Waals surface area contributed by atoms with Crippen molar-refractivity contribution in [1.29, 1.82) is 0 Å². The second-order valence-corrected chi connectivity index (χ2v) is 3.56. The quantitative estimate of drug-likeness (QED) is 0.319. The second-order valence-electron chi connectivity index (χ2n) is 3.56. The number of phenolic OH excluding ortho intramolecular Hbond substituents is 1. The van der Waals surface area contributed by atoms with Crippen molar-refractivity contribution >= 4 is 23.9 Å². The SMILES string of the molecule is N[C@@H](CC(=O)c1cc(O)ccc1NC=O)C(=O)O. The number of phenols is 1. The molecule has 0 radical (unpaired) electrons. The van der Waals surface area contributed by atoms with E-state index in [1.165, 1.54) is 12.1 Å². The van der Waals surface area contributed by atoms with Gasteiger partial charge in [0.05, 0.1) is 5.69 Å². The van der Waals surface area contributed by atoms with Gasteiger partial charge in [0, 0.05) is 12.0 Å². The first-order valence-corrected chi connectivity index (χ1v) is 5.00. The highest BCUT2D eigenvalue weighted by Crippen LogP contribution is 2.22. The predicted molar refractivity (Wildman–Crippen MR) is 62.4 cm³/mol. The Bertz CT molecular complexity index is 486. The van der Waals surface area contributed by atoms with E-state index in [0.29, 0.717) is 6.41 Å². The lowest BCUT2D eigenvalue weighted by molar-refractivity contribution is -0.138. The fourth-order valence-electron chi connectivity index (χ4n) is 1.35. The molecule has 0 bridgehead atoms. The third-order valence-electron chi connectivity index (χ3n) is 2.24. The lowest BCUT2D eigenvalue weighted by Gasteiger charge is -2.09. The maximum absolute atomic E-state index is 11.8. The summed E-state index contributed by atoms with van der Waals surface area (Å²) in [4.78, 5) is 32.7. The molecule has 1 amide bonds. The molecular weight excluding hydrogens is 240 g/mol. The molecule has 0 saturated heterocycles. The van der Waals surface area contributed by atoms with Gasteiger partial charge in [0.1, 0.15) is 11.8 Å². The normalized spacial score (nSPS) is 11.6. The Labute approximate surface area is 102 Å². The molecule has 0 aliphatic rings. The van der Waals surface area contributed by atoms with Gasteiger partial charge in [-0.15, -0.1) is 0 Å². The molecule has 5 N–H and O–H groups in total. The number of rotatable bonds is 6. The molecule has 0 fully saturated rings. The van der Waals surface area contributed by atoms with E-state index >= 15 is 0 Å². The van der Waals surface area contributed by atoms with Gasteiger partial charge in [0.15, 0.2) is 5.78 Å². The van der Waals surface area contributed by atoms with Gasteiger partial charge in [-0.2, -0.15) is 0 Å². The lowest BCUT2D eigenvalue weighted by atomic mass is 10.0. The smallest absolute Gasteiger partial charge is 0.320 e. The number of hydrogen-bond acceptors (Lipinski definition) is 5. The van der Waals surface area contributed by atoms with E-state index in [1.807, 2.05) is 0 Å². The summed E-state index contributed by atoms with van der Waals surface area (Å²) in [5.74, 6) is -2.04. The van der Waals surface area contributed by atoms with E-state index in [1.54, 1.807) is 0 Å². The molecule has 1 rings (SSSR count). The molecule has 1 atom stereocenters. The van der Waals surface area contributed by atoms with Gasteiger partial charge < -0.3 is 21.3 Å². The summed E-state index contributed by atoms with van der Waals surface area (Å²) in [6, 6.07) is 2.44. The van der Waals surface area contributed by atoms with Gasteiger partial charge in [-0.05, 0) is 18.2 Å². The molecule has 1 aromatic rings. The fourth-order valence-corrected chi connectivity index (χ4v) is 1.35. The number of nitrogens with one attached hydrogen (secondary N) is 1. The van der Waals surface area contributed by atoms with Crippen molar-refractivity contribution in [2.75, 3.05) is 5.32 Å². The number of anilines is 1. The van der Waals surface area contributed by atoms with Crippen LogP contribution in [0.3, 0.4) is 0 Å². The number of carbonyl (C=O) groups excluding carboxylic acids is 2. The van der Waals surface area contributed by atoms with Crippen molar-refractivity contribution in [2.45, 2.75) is 12.5 Å². The molecule has 0 aliphatic carbocycles. The van der Waals surface area contributed by atoms with Crippen LogP contribution in [0.5, 0.6) is 5.75 Å². The van der Waals surface area contributed by atoms with Gasteiger partial charge in [0.25, 0.3) is 0 Å². The first-order valence-electron chi connectivity index (χ1n) is 5.00. The third-order valence-corrected chi connectivity index (χ3v) is 2.24. The summed E-state index contributed by atoms with van der Waals surface area (Å²) < 4.78 is 0. The summed E-state index contributed by atoms with van der Waals surface area (Å²) >= 11 is 0. The number of hydrogen-bond donors (Lipinski definition) is 4. The van der Waals surface area contributed by atoms with Crippen LogP contribution in [-0.2, 0) is 9.59 Å². The van der Waals surface area contributed by atoms with Crippen LogP contribution in [0.15, 0.2) is 18.2 Å². The Morgan fingerprint density at radius 2 is 2.11 bits per heavy atom. The molecule has 1 aromatic carbocycles. The Morgan fingerprint density at radius 1 is 1.44 bits per heavy atom. The van der Waals surface area contributed by atoms with Crippen molar-refractivity contribution in [3.05, 3.63) is 23.8 Å². The number of benzene rings is 1.